The van der Waals surface area contributed by atoms with Crippen molar-refractivity contribution in [3.63, 3.8) is 0 Å². The van der Waals surface area contributed by atoms with E-state index in [2.05, 4.69) is 22.1 Å². The van der Waals surface area contributed by atoms with Crippen LogP contribution in [0.1, 0.15) is 11.1 Å². The van der Waals surface area contributed by atoms with Crippen molar-refractivity contribution in [3.05, 3.63) is 46.6 Å². The molecule has 0 saturated carbocycles. The molecule has 0 aliphatic heterocycles. The van der Waals surface area contributed by atoms with E-state index in [-0.39, 0.29) is 0 Å². The second kappa shape index (κ2) is 6.75. The van der Waals surface area contributed by atoms with E-state index in [0.29, 0.717) is 22.7 Å². The second-order valence-electron chi connectivity index (χ2n) is 3.94. The molecule has 0 unspecified atom stereocenters. The maximum absolute atomic E-state index is 5.84. The molecular weight excluding hydrogens is 282 g/mol. The van der Waals surface area contributed by atoms with Crippen LogP contribution in [0.15, 0.2) is 35.5 Å². The summed E-state index contributed by atoms with van der Waals surface area (Å²) in [7, 11) is 1.68. The first-order valence-corrected chi connectivity index (χ1v) is 7.03. The summed E-state index contributed by atoms with van der Waals surface area (Å²) in [5.74, 6) is 1.15. The zero-order chi connectivity index (χ0) is 13.7. The van der Waals surface area contributed by atoms with Gasteiger partial charge in [0.15, 0.2) is 5.16 Å². The number of nitrogens with two attached hydrogens (primary N) is 1. The van der Waals surface area contributed by atoms with E-state index in [0.717, 1.165) is 11.3 Å². The molecule has 0 saturated heterocycles. The monoisotopic (exact) mass is 295 g/mol. The number of halogens is 1. The summed E-state index contributed by atoms with van der Waals surface area (Å²) in [6, 6.07) is 9.73. The van der Waals surface area contributed by atoms with Gasteiger partial charge >= 0.3 is 0 Å². The van der Waals surface area contributed by atoms with Crippen LogP contribution in [0.4, 0.5) is 5.82 Å². The van der Waals surface area contributed by atoms with Crippen LogP contribution in [-0.4, -0.2) is 17.1 Å². The van der Waals surface area contributed by atoms with Crippen molar-refractivity contribution in [1.82, 2.24) is 9.97 Å². The summed E-state index contributed by atoms with van der Waals surface area (Å²) in [4.78, 5) is 8.25. The van der Waals surface area contributed by atoms with E-state index < -0.39 is 0 Å². The van der Waals surface area contributed by atoms with Gasteiger partial charge in [0.1, 0.15) is 11.0 Å². The molecule has 1 aromatic carbocycles. The normalized spacial score (nSPS) is 10.6. The topological polar surface area (TPSA) is 61.0 Å². The third-order valence-corrected chi connectivity index (χ3v) is 3.48. The summed E-state index contributed by atoms with van der Waals surface area (Å²) in [5, 5.41) is 0.949. The van der Waals surface area contributed by atoms with Crippen LogP contribution in [0.5, 0.6) is 0 Å². The predicted molar refractivity (Wildman–Crippen MR) is 78.2 cm³/mol. The summed E-state index contributed by atoms with van der Waals surface area (Å²) < 4.78 is 5.11. The van der Waals surface area contributed by atoms with Crippen LogP contribution in [0, 0.1) is 0 Å². The minimum atomic E-state index is 0.364. The highest BCUT2D eigenvalue weighted by Crippen LogP contribution is 2.22. The minimum Gasteiger partial charge on any atom is -0.384 e. The van der Waals surface area contributed by atoms with Crippen molar-refractivity contribution in [2.75, 3.05) is 12.8 Å². The van der Waals surface area contributed by atoms with Gasteiger partial charge in [0.25, 0.3) is 0 Å². The fourth-order valence-corrected chi connectivity index (χ4v) is 2.65. The number of anilines is 1. The van der Waals surface area contributed by atoms with E-state index in [9.17, 15) is 0 Å². The van der Waals surface area contributed by atoms with Gasteiger partial charge in [-0.2, -0.15) is 0 Å². The van der Waals surface area contributed by atoms with Crippen LogP contribution < -0.4 is 5.73 Å². The fraction of sp³-hybridized carbons (Fsp3) is 0.231. The van der Waals surface area contributed by atoms with E-state index in [1.54, 1.807) is 7.11 Å². The van der Waals surface area contributed by atoms with Gasteiger partial charge in [0.2, 0.25) is 0 Å². The third-order valence-electron chi connectivity index (χ3n) is 2.36. The Bertz CT molecular complexity index is 545. The number of benzene rings is 1. The molecule has 0 radical (unpaired) electrons. The zero-order valence-electron chi connectivity index (χ0n) is 10.5. The van der Waals surface area contributed by atoms with Crippen LogP contribution in [0.3, 0.4) is 0 Å². The van der Waals surface area contributed by atoms with Gasteiger partial charge in [-0.25, -0.2) is 9.97 Å². The molecule has 0 aliphatic carbocycles. The average Bonchev–Trinajstić information content (AvgIpc) is 2.36. The Morgan fingerprint density at radius 2 is 2.05 bits per heavy atom. The van der Waals surface area contributed by atoms with Crippen molar-refractivity contribution in [3.8, 4) is 0 Å². The number of ether oxygens (including phenoxy) is 1. The number of nitrogen functional groups attached to an aromatic ring is 1. The van der Waals surface area contributed by atoms with Crippen molar-refractivity contribution >= 4 is 29.2 Å². The average molecular weight is 296 g/mol. The molecule has 0 fully saturated rings. The maximum atomic E-state index is 5.84. The molecule has 0 atom stereocenters. The van der Waals surface area contributed by atoms with Gasteiger partial charge in [-0.1, -0.05) is 47.6 Å². The fourth-order valence-electron chi connectivity index (χ4n) is 1.60. The number of hydrogen-bond acceptors (Lipinski definition) is 5. The van der Waals surface area contributed by atoms with Gasteiger partial charge in [0, 0.05) is 18.9 Å². The number of methoxy groups -OCH3 is 1. The Morgan fingerprint density at radius 1 is 1.26 bits per heavy atom. The lowest BCUT2D eigenvalue weighted by atomic mass is 10.1. The number of nitrogens with zero attached hydrogens (tertiary/aromatic N) is 2. The molecule has 2 rings (SSSR count). The van der Waals surface area contributed by atoms with E-state index in [1.165, 1.54) is 23.4 Å². The highest BCUT2D eigenvalue weighted by Gasteiger charge is 2.03. The molecule has 19 heavy (non-hydrogen) atoms. The minimum absolute atomic E-state index is 0.364. The van der Waals surface area contributed by atoms with E-state index in [1.807, 2.05) is 12.1 Å². The van der Waals surface area contributed by atoms with E-state index in [4.69, 9.17) is 22.1 Å². The van der Waals surface area contributed by atoms with Crippen LogP contribution in [0.2, 0.25) is 5.15 Å². The molecule has 4 nitrogen and oxygen atoms in total. The molecule has 0 spiro atoms. The smallest absolute Gasteiger partial charge is 0.191 e. The molecule has 0 bridgehead atoms. The quantitative estimate of drug-likeness (QED) is 0.521. The van der Waals surface area contributed by atoms with Gasteiger partial charge in [-0.3, -0.25) is 0 Å². The lowest BCUT2D eigenvalue weighted by Gasteiger charge is -2.05. The maximum Gasteiger partial charge on any atom is 0.191 e. The Labute approximate surface area is 121 Å². The number of thioether (sulfide) groups is 1. The Kier molecular flexibility index (Phi) is 5.01. The van der Waals surface area contributed by atoms with Crippen molar-refractivity contribution < 1.29 is 4.74 Å². The second-order valence-corrected chi connectivity index (χ2v) is 5.27. The molecule has 1 aromatic heterocycles. The molecule has 0 aliphatic rings. The number of hydrogen-bond donors (Lipinski definition) is 1. The summed E-state index contributed by atoms with van der Waals surface area (Å²) in [6.07, 6.45) is 0. The predicted octanol–water partition coefficient (Wildman–Crippen LogP) is 3.15. The Balaban J connectivity index is 2.03. The molecule has 0 amide bonds. The highest BCUT2D eigenvalue weighted by molar-refractivity contribution is 7.98. The van der Waals surface area contributed by atoms with Crippen molar-refractivity contribution in [2.24, 2.45) is 0 Å². The summed E-state index contributed by atoms with van der Waals surface area (Å²) >= 11 is 7.34. The molecule has 100 valence electrons. The Hall–Kier alpha value is -1.30. The van der Waals surface area contributed by atoms with Crippen molar-refractivity contribution in [2.45, 2.75) is 17.5 Å². The van der Waals surface area contributed by atoms with Gasteiger partial charge < -0.3 is 10.5 Å². The first-order chi connectivity index (χ1) is 9.17. The van der Waals surface area contributed by atoms with Crippen LogP contribution >= 0.6 is 23.4 Å². The summed E-state index contributed by atoms with van der Waals surface area (Å²) in [5.41, 5.74) is 7.95. The van der Waals surface area contributed by atoms with Gasteiger partial charge in [0.05, 0.1) is 6.61 Å². The number of rotatable bonds is 5. The molecule has 6 heteroatoms. The Morgan fingerprint density at radius 3 is 2.79 bits per heavy atom. The molecule has 2 aromatic rings. The van der Waals surface area contributed by atoms with E-state index >= 15 is 0 Å². The van der Waals surface area contributed by atoms with Gasteiger partial charge in [-0.05, 0) is 11.1 Å². The van der Waals surface area contributed by atoms with Crippen molar-refractivity contribution in [1.29, 1.82) is 0 Å². The molecular formula is C13H14ClN3OS. The first-order valence-electron chi connectivity index (χ1n) is 5.67. The third kappa shape index (κ3) is 4.38. The lowest BCUT2D eigenvalue weighted by molar-refractivity contribution is 0.185. The van der Waals surface area contributed by atoms with Crippen LogP contribution in [0.25, 0.3) is 0 Å². The van der Waals surface area contributed by atoms with Crippen LogP contribution in [-0.2, 0) is 17.1 Å². The number of aromatic nitrogens is 2. The lowest BCUT2D eigenvalue weighted by Crippen LogP contribution is -1.95. The zero-order valence-corrected chi connectivity index (χ0v) is 12.0. The SMILES string of the molecule is COCc1cccc(CSc2nc(N)cc(Cl)n2)c1. The molecule has 2 N–H and O–H groups in total. The first kappa shape index (κ1) is 14.1. The largest absolute Gasteiger partial charge is 0.384 e. The standard InChI is InChI=1S/C13H14ClN3OS/c1-18-7-9-3-2-4-10(5-9)8-19-13-16-11(14)6-12(15)17-13/h2-6H,7-8H2,1H3,(H2,15,16,17). The van der Waals surface area contributed by atoms with Gasteiger partial charge in [-0.15, -0.1) is 0 Å². The molecule has 1 heterocycles. The summed E-state index contributed by atoms with van der Waals surface area (Å²) in [6.45, 7) is 0.610. The highest BCUT2D eigenvalue weighted by atomic mass is 35.5.